The van der Waals surface area contributed by atoms with E-state index >= 15 is 0 Å². The predicted molar refractivity (Wildman–Crippen MR) is 88.6 cm³/mol. The maximum absolute atomic E-state index is 5.94. The smallest absolute Gasteiger partial charge is 0.200 e. The third-order valence-electron chi connectivity index (χ3n) is 3.05. The Morgan fingerprint density at radius 3 is 2.95 bits per heavy atom. The van der Waals surface area contributed by atoms with Crippen molar-refractivity contribution in [3.05, 3.63) is 52.6 Å². The van der Waals surface area contributed by atoms with Crippen LogP contribution in [0.2, 0.25) is 0 Å². The van der Waals surface area contributed by atoms with Crippen molar-refractivity contribution in [3.8, 4) is 0 Å². The normalized spacial score (nSPS) is 12.7. The van der Waals surface area contributed by atoms with Gasteiger partial charge in [0.05, 0.1) is 0 Å². The Kier molecular flexibility index (Phi) is 4.28. The molecule has 3 rings (SSSR count). The Morgan fingerprint density at radius 2 is 2.14 bits per heavy atom. The van der Waals surface area contributed by atoms with Crippen LogP contribution in [0.25, 0.3) is 5.65 Å². The summed E-state index contributed by atoms with van der Waals surface area (Å²) in [5.41, 5.74) is 8.02. The lowest BCUT2D eigenvalue weighted by molar-refractivity contribution is 0.729. The fraction of sp³-hybridized carbons (Fsp3) is 0.200. The van der Waals surface area contributed by atoms with Gasteiger partial charge >= 0.3 is 0 Å². The molecule has 0 saturated heterocycles. The molecular weight excluding hydrogens is 348 g/mol. The molecule has 1 aromatic carbocycles. The number of aromatic nitrogens is 3. The lowest BCUT2D eigenvalue weighted by Crippen LogP contribution is -2.18. The summed E-state index contributed by atoms with van der Waals surface area (Å²) >= 11 is 5.14. The number of pyridine rings is 1. The van der Waals surface area contributed by atoms with Gasteiger partial charge in [0.25, 0.3) is 0 Å². The zero-order valence-corrected chi connectivity index (χ0v) is 13.9. The quantitative estimate of drug-likeness (QED) is 0.771. The van der Waals surface area contributed by atoms with E-state index in [9.17, 15) is 0 Å². The van der Waals surface area contributed by atoms with Gasteiger partial charge in [0.2, 0.25) is 0 Å². The van der Waals surface area contributed by atoms with Crippen molar-refractivity contribution in [1.82, 2.24) is 14.6 Å². The molecule has 2 aromatic heterocycles. The van der Waals surface area contributed by atoms with Gasteiger partial charge < -0.3 is 5.73 Å². The minimum absolute atomic E-state index is 0.126. The van der Waals surface area contributed by atoms with Crippen molar-refractivity contribution in [2.75, 3.05) is 0 Å². The molecule has 3 aromatic rings. The second kappa shape index (κ2) is 6.17. The molecule has 4 nitrogen and oxygen atoms in total. The summed E-state index contributed by atoms with van der Waals surface area (Å²) in [5, 5.41) is 9.31. The first-order valence-corrected chi connectivity index (χ1v) is 8.26. The van der Waals surface area contributed by atoms with Crippen LogP contribution in [0.15, 0.2) is 57.1 Å². The van der Waals surface area contributed by atoms with Gasteiger partial charge in [-0.15, -0.1) is 10.2 Å². The Hall–Kier alpha value is -1.37. The first kappa shape index (κ1) is 14.6. The molecule has 1 unspecified atom stereocenters. The number of fused-ring (bicyclic) bond motifs is 1. The molecule has 0 spiro atoms. The highest BCUT2D eigenvalue weighted by Crippen LogP contribution is 2.32. The van der Waals surface area contributed by atoms with Crippen LogP contribution in [-0.4, -0.2) is 20.6 Å². The SMILES string of the molecule is CC(N)Cc1ccc(Br)cc1Sc1nnc2ccccn12. The van der Waals surface area contributed by atoms with Gasteiger partial charge in [-0.25, -0.2) is 0 Å². The standard InChI is InChI=1S/C15H15BrN4S/c1-10(17)8-11-5-6-12(16)9-13(11)21-15-19-18-14-4-2-3-7-20(14)15/h2-7,9-10H,8,17H2,1H3. The van der Waals surface area contributed by atoms with Crippen LogP contribution in [0.5, 0.6) is 0 Å². The maximum atomic E-state index is 5.94. The van der Waals surface area contributed by atoms with E-state index in [-0.39, 0.29) is 6.04 Å². The van der Waals surface area contributed by atoms with Gasteiger partial charge in [-0.1, -0.05) is 28.1 Å². The van der Waals surface area contributed by atoms with Gasteiger partial charge in [-0.3, -0.25) is 4.40 Å². The summed E-state index contributed by atoms with van der Waals surface area (Å²) in [4.78, 5) is 1.15. The number of rotatable bonds is 4. The molecule has 2 N–H and O–H groups in total. The van der Waals surface area contributed by atoms with E-state index in [0.29, 0.717) is 0 Å². The van der Waals surface area contributed by atoms with Crippen LogP contribution < -0.4 is 5.73 Å². The third-order valence-corrected chi connectivity index (χ3v) is 4.61. The van der Waals surface area contributed by atoms with Crippen molar-refractivity contribution in [3.63, 3.8) is 0 Å². The maximum Gasteiger partial charge on any atom is 0.200 e. The molecular formula is C15H15BrN4S. The largest absolute Gasteiger partial charge is 0.328 e. The monoisotopic (exact) mass is 362 g/mol. The van der Waals surface area contributed by atoms with Gasteiger partial charge in [-0.2, -0.15) is 0 Å². The molecule has 0 saturated carbocycles. The van der Waals surface area contributed by atoms with Gasteiger partial charge in [0, 0.05) is 21.6 Å². The zero-order chi connectivity index (χ0) is 14.8. The summed E-state index contributed by atoms with van der Waals surface area (Å²) < 4.78 is 3.04. The van der Waals surface area contributed by atoms with Crippen LogP contribution in [0, 0.1) is 0 Å². The molecule has 0 aliphatic rings. The van der Waals surface area contributed by atoms with E-state index in [1.54, 1.807) is 11.8 Å². The Labute approximate surface area is 135 Å². The van der Waals surface area contributed by atoms with Crippen molar-refractivity contribution in [1.29, 1.82) is 0 Å². The average Bonchev–Trinajstić information content (AvgIpc) is 2.85. The van der Waals surface area contributed by atoms with E-state index in [1.165, 1.54) is 5.56 Å². The van der Waals surface area contributed by atoms with Crippen LogP contribution in [0.1, 0.15) is 12.5 Å². The van der Waals surface area contributed by atoms with Crippen LogP contribution >= 0.6 is 27.7 Å². The molecule has 1 atom stereocenters. The molecule has 2 heterocycles. The molecule has 0 fully saturated rings. The Bertz CT molecular complexity index is 769. The van der Waals surface area contributed by atoms with E-state index < -0.39 is 0 Å². The molecule has 21 heavy (non-hydrogen) atoms. The molecule has 0 bridgehead atoms. The second-order valence-corrected chi connectivity index (χ2v) is 6.87. The van der Waals surface area contributed by atoms with E-state index in [1.807, 2.05) is 41.8 Å². The number of nitrogens with two attached hydrogens (primary N) is 1. The third kappa shape index (κ3) is 3.28. The molecule has 6 heteroatoms. The highest BCUT2D eigenvalue weighted by molar-refractivity contribution is 9.10. The Balaban J connectivity index is 1.98. The van der Waals surface area contributed by atoms with Gasteiger partial charge in [-0.05, 0) is 54.9 Å². The number of benzene rings is 1. The molecule has 0 radical (unpaired) electrons. The Morgan fingerprint density at radius 1 is 1.29 bits per heavy atom. The van der Waals surface area contributed by atoms with Crippen molar-refractivity contribution < 1.29 is 0 Å². The second-order valence-electron chi connectivity index (χ2n) is 4.95. The summed E-state index contributed by atoms with van der Waals surface area (Å²) in [6.07, 6.45) is 2.81. The summed E-state index contributed by atoms with van der Waals surface area (Å²) in [6, 6.07) is 12.3. The van der Waals surface area contributed by atoms with Crippen molar-refractivity contribution in [2.24, 2.45) is 5.73 Å². The first-order chi connectivity index (χ1) is 10.1. The average molecular weight is 363 g/mol. The van der Waals surface area contributed by atoms with E-state index in [4.69, 9.17) is 5.73 Å². The lowest BCUT2D eigenvalue weighted by Gasteiger charge is -2.11. The molecule has 108 valence electrons. The van der Waals surface area contributed by atoms with E-state index in [0.717, 1.165) is 26.6 Å². The minimum atomic E-state index is 0.126. The highest BCUT2D eigenvalue weighted by Gasteiger charge is 2.11. The summed E-state index contributed by atoms with van der Waals surface area (Å²) in [5.74, 6) is 0. The van der Waals surface area contributed by atoms with E-state index in [2.05, 4.69) is 38.3 Å². The zero-order valence-electron chi connectivity index (χ0n) is 11.5. The number of nitrogens with zero attached hydrogens (tertiary/aromatic N) is 3. The summed E-state index contributed by atoms with van der Waals surface area (Å²) in [6.45, 7) is 2.02. The van der Waals surface area contributed by atoms with Gasteiger partial charge in [0.1, 0.15) is 0 Å². The topological polar surface area (TPSA) is 56.2 Å². The number of hydrogen-bond acceptors (Lipinski definition) is 4. The summed E-state index contributed by atoms with van der Waals surface area (Å²) in [7, 11) is 0. The molecule has 0 aliphatic carbocycles. The minimum Gasteiger partial charge on any atom is -0.328 e. The van der Waals surface area contributed by atoms with Crippen LogP contribution in [0.3, 0.4) is 0 Å². The molecule has 0 amide bonds. The lowest BCUT2D eigenvalue weighted by atomic mass is 10.1. The first-order valence-electron chi connectivity index (χ1n) is 6.65. The number of hydrogen-bond donors (Lipinski definition) is 1. The van der Waals surface area contributed by atoms with Crippen molar-refractivity contribution in [2.45, 2.75) is 29.4 Å². The fourth-order valence-electron chi connectivity index (χ4n) is 2.13. The highest BCUT2D eigenvalue weighted by atomic mass is 79.9. The number of halogens is 1. The fourth-order valence-corrected chi connectivity index (χ4v) is 3.64. The predicted octanol–water partition coefficient (Wildman–Crippen LogP) is 3.53. The van der Waals surface area contributed by atoms with Crippen LogP contribution in [0.4, 0.5) is 0 Å². The van der Waals surface area contributed by atoms with Gasteiger partial charge in [0.15, 0.2) is 10.8 Å². The van der Waals surface area contributed by atoms with Crippen molar-refractivity contribution >= 4 is 33.3 Å². The van der Waals surface area contributed by atoms with Crippen LogP contribution in [-0.2, 0) is 6.42 Å². The molecule has 0 aliphatic heterocycles.